The molecule has 4 nitrogen and oxygen atoms in total. The molecule has 0 aliphatic heterocycles. The third-order valence-corrected chi connectivity index (χ3v) is 4.30. The van der Waals surface area contributed by atoms with Crippen LogP contribution in [0, 0.1) is 5.82 Å². The molecule has 1 atom stereocenters. The summed E-state index contributed by atoms with van der Waals surface area (Å²) in [6, 6.07) is 13.1. The standard InChI is InChI=1S/C22H29FN2O2/c1-15(2)20-10-7-18(12-21(20)23)14-27-19-8-5-17(6-9-19)11-16(3)25-22(26)13-24-4/h5-10,12,15-16,24H,11,13-14H2,1-4H3,(H,25,26). The minimum absolute atomic E-state index is 0.0133. The third-order valence-electron chi connectivity index (χ3n) is 4.30. The van der Waals surface area contributed by atoms with Crippen LogP contribution in [0.1, 0.15) is 43.4 Å². The Kier molecular flexibility index (Phi) is 7.80. The smallest absolute Gasteiger partial charge is 0.234 e. The normalized spacial score (nSPS) is 12.1. The number of carbonyl (C=O) groups is 1. The number of carbonyl (C=O) groups excluding carboxylic acids is 1. The van der Waals surface area contributed by atoms with Gasteiger partial charge in [0.05, 0.1) is 6.54 Å². The summed E-state index contributed by atoms with van der Waals surface area (Å²) in [4.78, 5) is 11.6. The van der Waals surface area contributed by atoms with Crippen molar-refractivity contribution >= 4 is 5.91 Å². The Morgan fingerprint density at radius 1 is 1.07 bits per heavy atom. The maximum absolute atomic E-state index is 14.1. The molecule has 0 fully saturated rings. The van der Waals surface area contributed by atoms with Crippen molar-refractivity contribution in [3.05, 3.63) is 65.0 Å². The molecule has 2 rings (SSSR count). The molecule has 0 aliphatic rings. The largest absolute Gasteiger partial charge is 0.489 e. The van der Waals surface area contributed by atoms with Crippen molar-refractivity contribution in [2.24, 2.45) is 0 Å². The maximum Gasteiger partial charge on any atom is 0.234 e. The van der Waals surface area contributed by atoms with Crippen LogP contribution in [0.5, 0.6) is 5.75 Å². The first-order chi connectivity index (χ1) is 12.9. The molecule has 0 aliphatic carbocycles. The van der Waals surface area contributed by atoms with Crippen LogP contribution >= 0.6 is 0 Å². The molecule has 1 amide bonds. The molecule has 5 heteroatoms. The zero-order valence-electron chi connectivity index (χ0n) is 16.5. The lowest BCUT2D eigenvalue weighted by atomic mass is 10.0. The SMILES string of the molecule is CNCC(=O)NC(C)Cc1ccc(OCc2ccc(C(C)C)c(F)c2)cc1. The topological polar surface area (TPSA) is 50.4 Å². The van der Waals surface area contributed by atoms with Crippen LogP contribution in [0.4, 0.5) is 4.39 Å². The lowest BCUT2D eigenvalue weighted by Crippen LogP contribution is -2.39. The van der Waals surface area contributed by atoms with Gasteiger partial charge < -0.3 is 15.4 Å². The number of likely N-dealkylation sites (N-methyl/N-ethyl adjacent to an activating group) is 1. The molecule has 0 radical (unpaired) electrons. The van der Waals surface area contributed by atoms with E-state index in [4.69, 9.17) is 4.74 Å². The summed E-state index contributed by atoms with van der Waals surface area (Å²) < 4.78 is 19.8. The van der Waals surface area contributed by atoms with Gasteiger partial charge in [-0.05, 0) is 61.2 Å². The number of halogens is 1. The number of rotatable bonds is 9. The zero-order chi connectivity index (χ0) is 19.8. The highest BCUT2D eigenvalue weighted by atomic mass is 19.1. The number of nitrogens with one attached hydrogen (secondary N) is 2. The molecule has 0 heterocycles. The number of hydrogen-bond acceptors (Lipinski definition) is 3. The van der Waals surface area contributed by atoms with Gasteiger partial charge in [0.1, 0.15) is 18.2 Å². The van der Waals surface area contributed by atoms with Gasteiger partial charge >= 0.3 is 0 Å². The van der Waals surface area contributed by atoms with Gasteiger partial charge in [0.2, 0.25) is 5.91 Å². The molecule has 0 saturated heterocycles. The van der Waals surface area contributed by atoms with Crippen molar-refractivity contribution < 1.29 is 13.9 Å². The minimum Gasteiger partial charge on any atom is -0.489 e. The van der Waals surface area contributed by atoms with Crippen LogP contribution in [0.3, 0.4) is 0 Å². The summed E-state index contributed by atoms with van der Waals surface area (Å²) in [6.45, 7) is 6.57. The molecule has 2 aromatic carbocycles. The molecular weight excluding hydrogens is 343 g/mol. The maximum atomic E-state index is 14.1. The van der Waals surface area contributed by atoms with E-state index in [1.807, 2.05) is 57.2 Å². The first-order valence-electron chi connectivity index (χ1n) is 9.33. The second kappa shape index (κ2) is 10.1. The Morgan fingerprint density at radius 3 is 2.33 bits per heavy atom. The number of amides is 1. The Labute approximate surface area is 161 Å². The van der Waals surface area contributed by atoms with Gasteiger partial charge in [0.25, 0.3) is 0 Å². The van der Waals surface area contributed by atoms with Crippen LogP contribution in [0.25, 0.3) is 0 Å². The van der Waals surface area contributed by atoms with Gasteiger partial charge in [-0.25, -0.2) is 4.39 Å². The van der Waals surface area contributed by atoms with E-state index in [0.717, 1.165) is 28.9 Å². The van der Waals surface area contributed by atoms with Crippen molar-refractivity contribution in [1.82, 2.24) is 10.6 Å². The third kappa shape index (κ3) is 6.68. The van der Waals surface area contributed by atoms with Gasteiger partial charge in [-0.2, -0.15) is 0 Å². The molecule has 146 valence electrons. The molecule has 1 unspecified atom stereocenters. The van der Waals surface area contributed by atoms with Crippen molar-refractivity contribution in [3.63, 3.8) is 0 Å². The summed E-state index contributed by atoms with van der Waals surface area (Å²) in [6.07, 6.45) is 0.748. The van der Waals surface area contributed by atoms with Crippen LogP contribution < -0.4 is 15.4 Å². The first-order valence-corrected chi connectivity index (χ1v) is 9.33. The van der Waals surface area contributed by atoms with E-state index in [1.54, 1.807) is 13.1 Å². The second-order valence-corrected chi connectivity index (χ2v) is 7.15. The van der Waals surface area contributed by atoms with E-state index in [0.29, 0.717) is 13.2 Å². The number of benzene rings is 2. The highest BCUT2D eigenvalue weighted by Gasteiger charge is 2.09. The summed E-state index contributed by atoms with van der Waals surface area (Å²) in [5.41, 5.74) is 2.65. The first kappa shape index (κ1) is 20.9. The average molecular weight is 372 g/mol. The van der Waals surface area contributed by atoms with Gasteiger partial charge in [0.15, 0.2) is 0 Å². The predicted molar refractivity (Wildman–Crippen MR) is 106 cm³/mol. The Balaban J connectivity index is 1.87. The van der Waals surface area contributed by atoms with Crippen molar-refractivity contribution in [2.75, 3.05) is 13.6 Å². The fraction of sp³-hybridized carbons (Fsp3) is 0.409. The van der Waals surface area contributed by atoms with E-state index in [1.165, 1.54) is 0 Å². The van der Waals surface area contributed by atoms with Crippen molar-refractivity contribution in [3.8, 4) is 5.75 Å². The predicted octanol–water partition coefficient (Wildman–Crippen LogP) is 3.79. The van der Waals surface area contributed by atoms with E-state index in [2.05, 4.69) is 10.6 Å². The van der Waals surface area contributed by atoms with E-state index in [9.17, 15) is 9.18 Å². The highest BCUT2D eigenvalue weighted by molar-refractivity contribution is 5.78. The molecule has 2 aromatic rings. The van der Waals surface area contributed by atoms with Crippen LogP contribution in [0.15, 0.2) is 42.5 Å². The molecule has 27 heavy (non-hydrogen) atoms. The van der Waals surface area contributed by atoms with Gasteiger partial charge in [-0.1, -0.05) is 38.1 Å². The minimum atomic E-state index is -0.184. The van der Waals surface area contributed by atoms with Gasteiger partial charge in [-0.15, -0.1) is 0 Å². The highest BCUT2D eigenvalue weighted by Crippen LogP contribution is 2.21. The Hall–Kier alpha value is -2.40. The van der Waals surface area contributed by atoms with Gasteiger partial charge in [-0.3, -0.25) is 4.79 Å². The van der Waals surface area contributed by atoms with E-state index in [-0.39, 0.29) is 23.7 Å². The quantitative estimate of drug-likeness (QED) is 0.704. The summed E-state index contributed by atoms with van der Waals surface area (Å²) >= 11 is 0. The van der Waals surface area contributed by atoms with E-state index >= 15 is 0 Å². The summed E-state index contributed by atoms with van der Waals surface area (Å²) in [5, 5.41) is 5.77. The Bertz CT molecular complexity index is 744. The van der Waals surface area contributed by atoms with Crippen molar-refractivity contribution in [2.45, 2.75) is 45.8 Å². The molecule has 0 saturated carbocycles. The van der Waals surface area contributed by atoms with Crippen LogP contribution in [-0.2, 0) is 17.8 Å². The van der Waals surface area contributed by atoms with E-state index < -0.39 is 0 Å². The average Bonchev–Trinajstić information content (AvgIpc) is 2.61. The fourth-order valence-electron chi connectivity index (χ4n) is 2.91. The summed E-state index contributed by atoms with van der Waals surface area (Å²) in [7, 11) is 1.75. The Morgan fingerprint density at radius 2 is 1.74 bits per heavy atom. The lowest BCUT2D eigenvalue weighted by Gasteiger charge is -2.14. The van der Waals surface area contributed by atoms with Crippen molar-refractivity contribution in [1.29, 1.82) is 0 Å². The number of ether oxygens (including phenoxy) is 1. The summed E-state index contributed by atoms with van der Waals surface area (Å²) in [5.74, 6) is 0.702. The number of hydrogen-bond donors (Lipinski definition) is 2. The van der Waals surface area contributed by atoms with Crippen LogP contribution in [-0.4, -0.2) is 25.5 Å². The fourth-order valence-corrected chi connectivity index (χ4v) is 2.91. The molecule has 0 bridgehead atoms. The van der Waals surface area contributed by atoms with Crippen LogP contribution in [0.2, 0.25) is 0 Å². The van der Waals surface area contributed by atoms with Gasteiger partial charge in [0, 0.05) is 6.04 Å². The molecular formula is C22H29FN2O2. The zero-order valence-corrected chi connectivity index (χ0v) is 16.5. The monoisotopic (exact) mass is 372 g/mol. The molecule has 0 spiro atoms. The lowest BCUT2D eigenvalue weighted by molar-refractivity contribution is -0.120. The second-order valence-electron chi connectivity index (χ2n) is 7.15. The molecule has 2 N–H and O–H groups in total. The molecule has 0 aromatic heterocycles.